The summed E-state index contributed by atoms with van der Waals surface area (Å²) in [5.74, 6) is -0.449. The highest BCUT2D eigenvalue weighted by Crippen LogP contribution is 2.16. The second-order valence-electron chi connectivity index (χ2n) is 10.7. The van der Waals surface area contributed by atoms with Crippen molar-refractivity contribution in [2.75, 3.05) is 13.2 Å². The van der Waals surface area contributed by atoms with Gasteiger partial charge in [0.25, 0.3) is 0 Å². The van der Waals surface area contributed by atoms with Crippen molar-refractivity contribution >= 4 is 32.0 Å². The van der Waals surface area contributed by atoms with Gasteiger partial charge in [0.2, 0.25) is 0 Å². The highest BCUT2D eigenvalue weighted by atomic mass is 32.7. The van der Waals surface area contributed by atoms with E-state index in [1.807, 2.05) is 0 Å². The summed E-state index contributed by atoms with van der Waals surface area (Å²) in [6.45, 7) is 4.78. The Morgan fingerprint density at radius 3 is 1.32 bits per heavy atom. The first-order valence-electron chi connectivity index (χ1n) is 16.0. The molecule has 0 aliphatic carbocycles. The minimum atomic E-state index is -0.551. The lowest BCUT2D eigenvalue weighted by molar-refractivity contribution is -0.160. The van der Waals surface area contributed by atoms with Crippen molar-refractivity contribution in [2.45, 2.75) is 174 Å². The van der Waals surface area contributed by atoms with Gasteiger partial charge in [-0.2, -0.15) is 0 Å². The summed E-state index contributed by atoms with van der Waals surface area (Å²) in [5.41, 5.74) is 0. The lowest BCUT2D eigenvalue weighted by Crippen LogP contribution is -2.29. The van der Waals surface area contributed by atoms with Crippen molar-refractivity contribution in [1.82, 2.24) is 0 Å². The van der Waals surface area contributed by atoms with E-state index in [1.165, 1.54) is 116 Å². The van der Waals surface area contributed by atoms with Gasteiger partial charge in [0, 0.05) is 24.5 Å². The molecule has 0 bridgehead atoms. The van der Waals surface area contributed by atoms with Crippen LogP contribution in [0.4, 0.5) is 0 Å². The van der Waals surface area contributed by atoms with Crippen LogP contribution in [0.1, 0.15) is 168 Å². The number of hydrogen-bond donors (Lipinski definition) is 0. The second kappa shape index (κ2) is 31.2. The number of carbonyl (C=O) groups is 2. The van der Waals surface area contributed by atoms with Crippen LogP contribution < -0.4 is 0 Å². The highest BCUT2D eigenvalue weighted by Gasteiger charge is 2.17. The predicted octanol–water partition coefficient (Wildman–Crippen LogP) is 10.3. The fraction of sp³-hybridized carbons (Fsp3) is 0.935. The van der Waals surface area contributed by atoms with Crippen molar-refractivity contribution in [1.29, 1.82) is 0 Å². The first-order valence-corrected chi connectivity index (χ1v) is 18.2. The van der Waals surface area contributed by atoms with Crippen LogP contribution in [-0.2, 0) is 23.2 Å². The molecule has 0 amide bonds. The first kappa shape index (κ1) is 37.7. The summed E-state index contributed by atoms with van der Waals surface area (Å²) in [6.07, 6.45) is 27.8. The van der Waals surface area contributed by atoms with Crippen LogP contribution in [-0.4, -0.2) is 31.3 Å². The van der Waals surface area contributed by atoms with Crippen LogP contribution >= 0.6 is 20.1 Å². The number of ether oxygens (including phenoxy) is 2. The van der Waals surface area contributed by atoms with Crippen LogP contribution in [0.2, 0.25) is 0 Å². The van der Waals surface area contributed by atoms with E-state index < -0.39 is 6.10 Å². The monoisotopic (exact) mass is 576 g/mol. The minimum absolute atomic E-state index is 0.0616. The Morgan fingerprint density at radius 1 is 0.553 bits per heavy atom. The van der Waals surface area contributed by atoms with Crippen LogP contribution in [0.3, 0.4) is 0 Å². The van der Waals surface area contributed by atoms with Gasteiger partial charge in [-0.1, -0.05) is 142 Å². The van der Waals surface area contributed by atoms with Crippen LogP contribution in [0.25, 0.3) is 0 Å². The molecule has 5 nitrogen and oxygen atoms in total. The maximum atomic E-state index is 12.3. The van der Waals surface area contributed by atoms with Crippen LogP contribution in [0, 0.1) is 0 Å². The fourth-order valence-electron chi connectivity index (χ4n) is 4.60. The van der Waals surface area contributed by atoms with Gasteiger partial charge in [-0.25, -0.2) is 0 Å². The third kappa shape index (κ3) is 28.7. The Kier molecular flexibility index (Phi) is 30.9. The van der Waals surface area contributed by atoms with Crippen molar-refractivity contribution in [3.05, 3.63) is 0 Å². The largest absolute Gasteiger partial charge is 0.462 e. The topological polar surface area (TPSA) is 61.8 Å². The van der Waals surface area contributed by atoms with Gasteiger partial charge in [0.05, 0.1) is 0 Å². The van der Waals surface area contributed by atoms with Crippen LogP contribution in [0.5, 0.6) is 0 Å². The Balaban J connectivity index is 3.78. The van der Waals surface area contributed by atoms with Crippen molar-refractivity contribution in [3.63, 3.8) is 0 Å². The quantitative estimate of drug-likeness (QED) is 0.0367. The van der Waals surface area contributed by atoms with Gasteiger partial charge >= 0.3 is 11.9 Å². The summed E-state index contributed by atoms with van der Waals surface area (Å²) in [4.78, 5) is 24.4. The summed E-state index contributed by atoms with van der Waals surface area (Å²) in [5, 5.41) is 0. The molecule has 0 heterocycles. The van der Waals surface area contributed by atoms with E-state index in [-0.39, 0.29) is 25.2 Å². The molecular formula is C31H61O5PS. The standard InChI is InChI=1S/C31H61O5PS/c1-3-5-7-9-11-13-15-17-19-21-23-25-30(32)34-27-29(28-35-38-37)36-31(33)26-24-22-20-18-16-14-12-10-8-6-4-2/h29H,3-28,37H2,1-2H3. The normalized spacial score (nSPS) is 12.0. The molecule has 0 N–H and O–H groups in total. The van der Waals surface area contributed by atoms with Crippen molar-refractivity contribution < 1.29 is 23.2 Å². The second-order valence-corrected chi connectivity index (χ2v) is 11.8. The fourth-order valence-corrected chi connectivity index (χ4v) is 5.07. The molecule has 0 aliphatic heterocycles. The molecule has 0 saturated carbocycles. The molecule has 0 fully saturated rings. The lowest BCUT2D eigenvalue weighted by Gasteiger charge is -2.17. The molecule has 0 radical (unpaired) electrons. The number of unbranched alkanes of at least 4 members (excludes halogenated alkanes) is 20. The molecule has 0 spiro atoms. The summed E-state index contributed by atoms with van der Waals surface area (Å²) in [7, 11) is 2.41. The zero-order valence-electron chi connectivity index (χ0n) is 25.0. The summed E-state index contributed by atoms with van der Waals surface area (Å²) in [6, 6.07) is 0. The average Bonchev–Trinajstić information content (AvgIpc) is 2.91. The molecular weight excluding hydrogens is 515 g/mol. The van der Waals surface area contributed by atoms with Gasteiger partial charge < -0.3 is 13.7 Å². The molecule has 38 heavy (non-hydrogen) atoms. The molecule has 226 valence electrons. The van der Waals surface area contributed by atoms with E-state index in [2.05, 4.69) is 22.3 Å². The van der Waals surface area contributed by atoms with E-state index in [0.717, 1.165) is 37.3 Å². The van der Waals surface area contributed by atoms with E-state index in [0.29, 0.717) is 12.8 Å². The summed E-state index contributed by atoms with van der Waals surface area (Å²) >= 11 is 1.14. The number of rotatable bonds is 30. The third-order valence-corrected chi connectivity index (χ3v) is 7.70. The molecule has 0 rings (SSSR count). The Hall–Kier alpha value is -0.320. The SMILES string of the molecule is CCCCCCCCCCCCCC(=O)OCC(COSP)OC(=O)CCCCCCCCCCCCC. The Labute approximate surface area is 242 Å². The van der Waals surface area contributed by atoms with Crippen LogP contribution in [0.15, 0.2) is 0 Å². The predicted molar refractivity (Wildman–Crippen MR) is 166 cm³/mol. The van der Waals surface area contributed by atoms with Gasteiger partial charge in [0.1, 0.15) is 13.2 Å². The first-order chi connectivity index (χ1) is 18.6. The molecule has 0 aliphatic rings. The number of esters is 2. The smallest absolute Gasteiger partial charge is 0.306 e. The summed E-state index contributed by atoms with van der Waals surface area (Å²) < 4.78 is 16.3. The molecule has 0 saturated heterocycles. The van der Waals surface area contributed by atoms with E-state index in [4.69, 9.17) is 13.7 Å². The maximum absolute atomic E-state index is 12.3. The number of carbonyl (C=O) groups excluding carboxylic acids is 2. The van der Waals surface area contributed by atoms with Gasteiger partial charge in [-0.05, 0) is 21.3 Å². The molecule has 0 aromatic rings. The van der Waals surface area contributed by atoms with Crippen molar-refractivity contribution in [3.8, 4) is 0 Å². The molecule has 2 unspecified atom stereocenters. The molecule has 2 atom stereocenters. The lowest BCUT2D eigenvalue weighted by atomic mass is 10.1. The van der Waals surface area contributed by atoms with Gasteiger partial charge in [-0.3, -0.25) is 9.59 Å². The van der Waals surface area contributed by atoms with E-state index in [1.54, 1.807) is 0 Å². The van der Waals surface area contributed by atoms with E-state index in [9.17, 15) is 9.59 Å². The minimum Gasteiger partial charge on any atom is -0.462 e. The molecule has 0 aromatic carbocycles. The molecule has 7 heteroatoms. The van der Waals surface area contributed by atoms with Gasteiger partial charge in [0.15, 0.2) is 6.10 Å². The highest BCUT2D eigenvalue weighted by molar-refractivity contribution is 8.40. The zero-order valence-corrected chi connectivity index (χ0v) is 27.0. The zero-order chi connectivity index (χ0) is 27.9. The van der Waals surface area contributed by atoms with Gasteiger partial charge in [-0.15, -0.1) is 0 Å². The maximum Gasteiger partial charge on any atom is 0.306 e. The van der Waals surface area contributed by atoms with E-state index >= 15 is 0 Å². The molecule has 0 aromatic heterocycles. The van der Waals surface area contributed by atoms with Crippen molar-refractivity contribution in [2.24, 2.45) is 0 Å². The Bertz CT molecular complexity index is 520. The Morgan fingerprint density at radius 2 is 0.921 bits per heavy atom. The average molecular weight is 577 g/mol. The number of hydrogen-bond acceptors (Lipinski definition) is 6. The third-order valence-electron chi connectivity index (χ3n) is 7.02.